The largest absolute Gasteiger partial charge is 0.475 e. The number of hydrogen-bond donors (Lipinski definition) is 1. The van der Waals surface area contributed by atoms with Crippen molar-refractivity contribution >= 4 is 11.7 Å². The molecule has 29 heavy (non-hydrogen) atoms. The van der Waals surface area contributed by atoms with Gasteiger partial charge in [-0.3, -0.25) is 4.79 Å². The Bertz CT molecular complexity index is 968. The van der Waals surface area contributed by atoms with E-state index in [-0.39, 0.29) is 17.9 Å². The van der Waals surface area contributed by atoms with E-state index in [2.05, 4.69) is 30.3 Å². The molecule has 150 valence electrons. The summed E-state index contributed by atoms with van der Waals surface area (Å²) in [6, 6.07) is 7.46. The molecule has 3 aromatic rings. The molecular formula is C20H23N7O2. The van der Waals surface area contributed by atoms with Gasteiger partial charge < -0.3 is 15.0 Å². The Hall–Kier alpha value is -3.49. The molecule has 0 saturated carbocycles. The van der Waals surface area contributed by atoms with E-state index in [0.717, 1.165) is 11.4 Å². The summed E-state index contributed by atoms with van der Waals surface area (Å²) in [7, 11) is 0. The summed E-state index contributed by atoms with van der Waals surface area (Å²) in [5, 5.41) is 7.17. The first-order valence-corrected chi connectivity index (χ1v) is 9.55. The van der Waals surface area contributed by atoms with Gasteiger partial charge in [-0.15, -0.1) is 0 Å². The van der Waals surface area contributed by atoms with Crippen LogP contribution < -0.4 is 15.0 Å². The van der Waals surface area contributed by atoms with E-state index in [4.69, 9.17) is 4.74 Å². The fourth-order valence-corrected chi connectivity index (χ4v) is 3.09. The van der Waals surface area contributed by atoms with Crippen molar-refractivity contribution in [2.45, 2.75) is 26.5 Å². The van der Waals surface area contributed by atoms with Gasteiger partial charge in [0.25, 0.3) is 0 Å². The Morgan fingerprint density at radius 1 is 1.21 bits per heavy atom. The molecule has 0 aliphatic carbocycles. The Kier molecular flexibility index (Phi) is 5.37. The maximum Gasteiger partial charge on any atom is 0.226 e. The first kappa shape index (κ1) is 18.9. The molecular weight excluding hydrogens is 370 g/mol. The van der Waals surface area contributed by atoms with E-state index in [0.29, 0.717) is 31.3 Å². The molecule has 0 unspecified atom stereocenters. The van der Waals surface area contributed by atoms with Crippen molar-refractivity contribution in [1.82, 2.24) is 30.0 Å². The lowest BCUT2D eigenvalue weighted by molar-refractivity contribution is -0.125. The summed E-state index contributed by atoms with van der Waals surface area (Å²) < 4.78 is 7.38. The van der Waals surface area contributed by atoms with Crippen molar-refractivity contribution in [3.05, 3.63) is 54.7 Å². The van der Waals surface area contributed by atoms with Crippen molar-refractivity contribution < 1.29 is 9.53 Å². The van der Waals surface area contributed by atoms with E-state index in [1.807, 2.05) is 44.3 Å². The minimum absolute atomic E-state index is 0.0157. The van der Waals surface area contributed by atoms with Crippen LogP contribution in [0.3, 0.4) is 0 Å². The van der Waals surface area contributed by atoms with Crippen LogP contribution in [0.15, 0.2) is 49.2 Å². The summed E-state index contributed by atoms with van der Waals surface area (Å²) in [5.41, 5.74) is 0.866. The molecule has 0 atom stereocenters. The number of carbonyl (C=O) groups excluding carboxylic acids is 1. The van der Waals surface area contributed by atoms with Gasteiger partial charge in [-0.2, -0.15) is 5.10 Å². The van der Waals surface area contributed by atoms with E-state index >= 15 is 0 Å². The van der Waals surface area contributed by atoms with Gasteiger partial charge in [-0.1, -0.05) is 6.07 Å². The Balaban J connectivity index is 1.32. The predicted molar refractivity (Wildman–Crippen MR) is 107 cm³/mol. The highest BCUT2D eigenvalue weighted by molar-refractivity contribution is 5.81. The molecule has 3 aromatic heterocycles. The van der Waals surface area contributed by atoms with Crippen molar-refractivity contribution in [3.8, 4) is 11.7 Å². The summed E-state index contributed by atoms with van der Waals surface area (Å²) in [4.78, 5) is 27.4. The molecule has 0 spiro atoms. The maximum absolute atomic E-state index is 12.5. The minimum Gasteiger partial charge on any atom is -0.475 e. The fourth-order valence-electron chi connectivity index (χ4n) is 3.09. The molecule has 1 amide bonds. The molecule has 9 nitrogen and oxygen atoms in total. The quantitative estimate of drug-likeness (QED) is 0.651. The number of ether oxygens (including phenoxy) is 1. The third kappa shape index (κ3) is 4.34. The second kappa shape index (κ2) is 8.26. The van der Waals surface area contributed by atoms with Crippen molar-refractivity contribution in [2.75, 3.05) is 18.0 Å². The monoisotopic (exact) mass is 393 g/mol. The zero-order valence-electron chi connectivity index (χ0n) is 16.4. The minimum atomic E-state index is -0.0794. The molecule has 4 rings (SSSR count). The van der Waals surface area contributed by atoms with Crippen molar-refractivity contribution in [2.24, 2.45) is 5.92 Å². The molecule has 1 aliphatic heterocycles. The number of amides is 1. The predicted octanol–water partition coefficient (Wildman–Crippen LogP) is 1.60. The number of nitrogens with zero attached hydrogens (tertiary/aromatic N) is 6. The fraction of sp³-hybridized carbons (Fsp3) is 0.350. The number of rotatable bonds is 7. The average Bonchev–Trinajstić information content (AvgIpc) is 3.21. The molecule has 4 heterocycles. The van der Waals surface area contributed by atoms with Gasteiger partial charge in [0.15, 0.2) is 5.82 Å². The van der Waals surface area contributed by atoms with E-state index in [1.54, 1.807) is 17.1 Å². The zero-order valence-corrected chi connectivity index (χ0v) is 16.4. The van der Waals surface area contributed by atoms with Crippen LogP contribution in [0.1, 0.15) is 19.4 Å². The average molecular weight is 393 g/mol. The molecule has 1 aliphatic rings. The maximum atomic E-state index is 12.5. The number of anilines is 1. The zero-order chi connectivity index (χ0) is 20.2. The molecule has 1 N–H and O–H groups in total. The van der Waals surface area contributed by atoms with Crippen LogP contribution in [0.2, 0.25) is 0 Å². The van der Waals surface area contributed by atoms with Crippen LogP contribution in [0.25, 0.3) is 5.82 Å². The van der Waals surface area contributed by atoms with Crippen molar-refractivity contribution in [1.29, 1.82) is 0 Å². The van der Waals surface area contributed by atoms with Gasteiger partial charge in [0.2, 0.25) is 11.8 Å². The topological polar surface area (TPSA) is 98.1 Å². The highest BCUT2D eigenvalue weighted by Gasteiger charge is 2.33. The van der Waals surface area contributed by atoms with E-state index < -0.39 is 0 Å². The standard InChI is InChI=1S/C20H23N7O2/c1-14(2)29-20-15(5-3-6-21-20)10-22-19(28)16-11-26(12-16)17-9-18(24-13-23-17)27-8-4-7-25-27/h3-9,13-14,16H,10-12H2,1-2H3,(H,22,28). The van der Waals surface area contributed by atoms with Crippen LogP contribution in [-0.2, 0) is 11.3 Å². The van der Waals surface area contributed by atoms with Gasteiger partial charge in [0.1, 0.15) is 12.1 Å². The number of aromatic nitrogens is 5. The Morgan fingerprint density at radius 2 is 2.03 bits per heavy atom. The molecule has 1 saturated heterocycles. The van der Waals surface area contributed by atoms with Crippen LogP contribution in [-0.4, -0.2) is 49.8 Å². The third-order valence-electron chi connectivity index (χ3n) is 4.60. The summed E-state index contributed by atoms with van der Waals surface area (Å²) in [5.74, 6) is 1.98. The first-order chi connectivity index (χ1) is 14.1. The van der Waals surface area contributed by atoms with Gasteiger partial charge in [-0.05, 0) is 26.0 Å². The van der Waals surface area contributed by atoms with Gasteiger partial charge in [0, 0.05) is 49.9 Å². The van der Waals surface area contributed by atoms with Crippen LogP contribution in [0.4, 0.5) is 5.82 Å². The molecule has 0 bridgehead atoms. The lowest BCUT2D eigenvalue weighted by Crippen LogP contribution is -2.54. The van der Waals surface area contributed by atoms with E-state index in [9.17, 15) is 4.79 Å². The summed E-state index contributed by atoms with van der Waals surface area (Å²) >= 11 is 0. The SMILES string of the molecule is CC(C)Oc1ncccc1CNC(=O)C1CN(c2cc(-n3cccn3)ncn2)C1. The summed E-state index contributed by atoms with van der Waals surface area (Å²) in [6.45, 7) is 5.52. The second-order valence-corrected chi connectivity index (χ2v) is 7.14. The molecule has 0 radical (unpaired) electrons. The number of pyridine rings is 1. The molecule has 9 heteroatoms. The molecule has 0 aromatic carbocycles. The van der Waals surface area contributed by atoms with Crippen LogP contribution in [0, 0.1) is 5.92 Å². The summed E-state index contributed by atoms with van der Waals surface area (Å²) in [6.07, 6.45) is 6.75. The number of nitrogens with one attached hydrogen (secondary N) is 1. The lowest BCUT2D eigenvalue weighted by Gasteiger charge is -2.39. The molecule has 1 fully saturated rings. The third-order valence-corrected chi connectivity index (χ3v) is 4.60. The highest BCUT2D eigenvalue weighted by Crippen LogP contribution is 2.24. The van der Waals surface area contributed by atoms with Gasteiger partial charge >= 0.3 is 0 Å². The van der Waals surface area contributed by atoms with Gasteiger partial charge in [0.05, 0.1) is 12.0 Å². The lowest BCUT2D eigenvalue weighted by atomic mass is 9.99. The number of hydrogen-bond acceptors (Lipinski definition) is 7. The number of carbonyl (C=O) groups is 1. The Morgan fingerprint density at radius 3 is 2.79 bits per heavy atom. The van der Waals surface area contributed by atoms with Crippen molar-refractivity contribution in [3.63, 3.8) is 0 Å². The second-order valence-electron chi connectivity index (χ2n) is 7.14. The van der Waals surface area contributed by atoms with Crippen LogP contribution in [0.5, 0.6) is 5.88 Å². The van der Waals surface area contributed by atoms with Crippen LogP contribution >= 0.6 is 0 Å². The first-order valence-electron chi connectivity index (χ1n) is 9.55. The van der Waals surface area contributed by atoms with E-state index in [1.165, 1.54) is 6.33 Å². The van der Waals surface area contributed by atoms with Gasteiger partial charge in [-0.25, -0.2) is 19.6 Å². The Labute approximate surface area is 168 Å². The normalized spacial score (nSPS) is 14.0. The highest BCUT2D eigenvalue weighted by atomic mass is 16.5. The smallest absolute Gasteiger partial charge is 0.226 e.